The van der Waals surface area contributed by atoms with Gasteiger partial charge in [0.15, 0.2) is 5.76 Å². The highest BCUT2D eigenvalue weighted by Crippen LogP contribution is 2.57. The molecule has 0 unspecified atom stereocenters. The van der Waals surface area contributed by atoms with Crippen molar-refractivity contribution in [2.24, 2.45) is 0 Å². The highest BCUT2D eigenvalue weighted by Gasteiger charge is 2.56. The fourth-order valence-corrected chi connectivity index (χ4v) is 4.12. The van der Waals surface area contributed by atoms with Crippen LogP contribution in [-0.2, 0) is 5.41 Å². The minimum Gasteiger partial charge on any atom is -0.508 e. The summed E-state index contributed by atoms with van der Waals surface area (Å²) in [4.78, 5) is 0. The third-order valence-electron chi connectivity index (χ3n) is 5.99. The summed E-state index contributed by atoms with van der Waals surface area (Å²) in [5, 5.41) is 22.6. The zero-order chi connectivity index (χ0) is 22.4. The lowest BCUT2D eigenvalue weighted by Gasteiger charge is -2.10. The third-order valence-corrected chi connectivity index (χ3v) is 5.99. The molecule has 6 rings (SSSR count). The van der Waals surface area contributed by atoms with Crippen molar-refractivity contribution in [2.45, 2.75) is 18.3 Å². The molecule has 33 heavy (non-hydrogen) atoms. The molecular weight excluding hydrogens is 421 g/mol. The van der Waals surface area contributed by atoms with Crippen LogP contribution in [0.5, 0.6) is 5.75 Å². The van der Waals surface area contributed by atoms with Crippen LogP contribution < -0.4 is 0 Å². The van der Waals surface area contributed by atoms with Crippen LogP contribution in [0.15, 0.2) is 87.8 Å². The van der Waals surface area contributed by atoms with Gasteiger partial charge in [-0.15, -0.1) is 10.2 Å². The Balaban J connectivity index is 1.48. The number of benzene rings is 3. The molecule has 1 N–H and O–H groups in total. The fourth-order valence-electron chi connectivity index (χ4n) is 4.12. The fraction of sp³-hybridized carbons (Fsp3) is 0.115. The first kappa shape index (κ1) is 19.4. The third kappa shape index (κ3) is 3.29. The second-order valence-corrected chi connectivity index (χ2v) is 8.15. The van der Waals surface area contributed by atoms with Crippen LogP contribution in [0.3, 0.4) is 0 Å². The Hall–Kier alpha value is -4.26. The second-order valence-electron chi connectivity index (χ2n) is 8.15. The molecule has 0 saturated heterocycles. The van der Waals surface area contributed by atoms with Gasteiger partial charge in [-0.2, -0.15) is 0 Å². The van der Waals surface area contributed by atoms with Crippen LogP contribution in [0.4, 0.5) is 4.39 Å². The molecule has 1 aliphatic rings. The molecule has 1 fully saturated rings. The number of phenolic OH excluding ortho intramolecular Hbond substituents is 1. The largest absolute Gasteiger partial charge is 0.508 e. The van der Waals surface area contributed by atoms with E-state index in [-0.39, 0.29) is 17.5 Å². The molecule has 0 spiro atoms. The zero-order valence-corrected chi connectivity index (χ0v) is 17.4. The van der Waals surface area contributed by atoms with Crippen LogP contribution in [-0.4, -0.2) is 20.5 Å². The summed E-state index contributed by atoms with van der Waals surface area (Å²) < 4.78 is 25.6. The first-order valence-corrected chi connectivity index (χ1v) is 10.6. The zero-order valence-electron chi connectivity index (χ0n) is 17.4. The summed E-state index contributed by atoms with van der Waals surface area (Å²) in [7, 11) is 0. The predicted molar refractivity (Wildman–Crippen MR) is 119 cm³/mol. The normalized spacial score (nSPS) is 14.3. The second kappa shape index (κ2) is 7.41. The number of phenols is 1. The quantitative estimate of drug-likeness (QED) is 0.362. The van der Waals surface area contributed by atoms with E-state index < -0.39 is 5.41 Å². The van der Waals surface area contributed by atoms with Crippen molar-refractivity contribution >= 4 is 0 Å². The van der Waals surface area contributed by atoms with Crippen molar-refractivity contribution in [1.82, 2.24) is 15.4 Å². The summed E-state index contributed by atoms with van der Waals surface area (Å²) in [6.45, 7) is 0. The molecule has 5 aromatic rings. The Bertz CT molecular complexity index is 1440. The van der Waals surface area contributed by atoms with Gasteiger partial charge < -0.3 is 14.0 Å². The molecule has 7 heteroatoms. The Morgan fingerprint density at radius 3 is 2.30 bits per heavy atom. The Morgan fingerprint density at radius 1 is 0.818 bits per heavy atom. The Morgan fingerprint density at radius 2 is 1.58 bits per heavy atom. The monoisotopic (exact) mass is 439 g/mol. The maximum absolute atomic E-state index is 13.7. The molecular formula is C26H18FN3O3. The molecule has 2 aromatic heterocycles. The number of aromatic hydroxyl groups is 1. The smallest absolute Gasteiger partial charge is 0.247 e. The van der Waals surface area contributed by atoms with E-state index in [1.54, 1.807) is 36.4 Å². The summed E-state index contributed by atoms with van der Waals surface area (Å²) >= 11 is 0. The Labute approximate surface area is 188 Å². The van der Waals surface area contributed by atoms with Gasteiger partial charge in [0.2, 0.25) is 11.8 Å². The molecule has 0 bridgehead atoms. The van der Waals surface area contributed by atoms with Crippen molar-refractivity contribution < 1.29 is 18.4 Å². The summed E-state index contributed by atoms with van der Waals surface area (Å²) in [5.74, 6) is 1.15. The standard InChI is InChI=1S/C26H18FN3O3/c27-19-8-4-7-18(15-19)24-28-29-25(32-24)26(13-14-26)23-21(16-5-2-1-3-6-16)22(30-33-23)17-9-11-20(31)12-10-17/h1-12,15,31H,13-14H2. The number of rotatable bonds is 5. The lowest BCUT2D eigenvalue weighted by Crippen LogP contribution is -2.09. The molecule has 1 aliphatic carbocycles. The number of nitrogens with zero attached hydrogens (tertiary/aromatic N) is 3. The molecule has 1 saturated carbocycles. The van der Waals surface area contributed by atoms with Gasteiger partial charge in [-0.25, -0.2) is 4.39 Å². The highest BCUT2D eigenvalue weighted by molar-refractivity contribution is 5.83. The van der Waals surface area contributed by atoms with Crippen LogP contribution >= 0.6 is 0 Å². The Kier molecular flexibility index (Phi) is 4.36. The first-order chi connectivity index (χ1) is 16.1. The van der Waals surface area contributed by atoms with Gasteiger partial charge in [0.1, 0.15) is 22.7 Å². The molecule has 3 aromatic carbocycles. The average Bonchev–Trinajstić information content (AvgIpc) is 3.28. The molecule has 162 valence electrons. The lowest BCUT2D eigenvalue weighted by molar-refractivity contribution is 0.345. The molecule has 6 nitrogen and oxygen atoms in total. The van der Waals surface area contributed by atoms with E-state index in [2.05, 4.69) is 15.4 Å². The van der Waals surface area contributed by atoms with Gasteiger partial charge in [-0.3, -0.25) is 0 Å². The van der Waals surface area contributed by atoms with Gasteiger partial charge in [-0.05, 0) is 60.9 Å². The molecule has 0 amide bonds. The summed E-state index contributed by atoms with van der Waals surface area (Å²) in [6, 6.07) is 22.8. The van der Waals surface area contributed by atoms with Crippen LogP contribution in [0.25, 0.3) is 33.8 Å². The predicted octanol–water partition coefficient (Wildman–Crippen LogP) is 5.98. The number of halogens is 1. The van der Waals surface area contributed by atoms with Gasteiger partial charge >= 0.3 is 0 Å². The van der Waals surface area contributed by atoms with E-state index in [0.717, 1.165) is 29.5 Å². The van der Waals surface area contributed by atoms with Crippen LogP contribution in [0.1, 0.15) is 24.5 Å². The van der Waals surface area contributed by atoms with Gasteiger partial charge in [0, 0.05) is 11.1 Å². The van der Waals surface area contributed by atoms with Gasteiger partial charge in [0.05, 0.1) is 5.56 Å². The van der Waals surface area contributed by atoms with E-state index in [0.29, 0.717) is 22.9 Å². The minimum atomic E-state index is -0.591. The SMILES string of the molecule is Oc1ccc(-c2noc(C3(c4nnc(-c5cccc(F)c5)o4)CC3)c2-c2ccccc2)cc1. The summed E-state index contributed by atoms with van der Waals surface area (Å²) in [6.07, 6.45) is 1.53. The maximum atomic E-state index is 13.7. The van der Waals surface area contributed by atoms with Crippen molar-refractivity contribution in [3.63, 3.8) is 0 Å². The lowest BCUT2D eigenvalue weighted by atomic mass is 9.92. The van der Waals surface area contributed by atoms with Crippen molar-refractivity contribution in [3.05, 3.63) is 96.3 Å². The maximum Gasteiger partial charge on any atom is 0.247 e. The average molecular weight is 439 g/mol. The van der Waals surface area contributed by atoms with Crippen molar-refractivity contribution in [1.29, 1.82) is 0 Å². The topological polar surface area (TPSA) is 85.2 Å². The number of hydrogen-bond acceptors (Lipinski definition) is 6. The number of aromatic nitrogens is 3. The van der Waals surface area contributed by atoms with Gasteiger partial charge in [0.25, 0.3) is 0 Å². The summed E-state index contributed by atoms with van der Waals surface area (Å²) in [5.41, 5.74) is 3.23. The highest BCUT2D eigenvalue weighted by atomic mass is 19.1. The van der Waals surface area contributed by atoms with Crippen molar-refractivity contribution in [2.75, 3.05) is 0 Å². The minimum absolute atomic E-state index is 0.179. The van der Waals surface area contributed by atoms with E-state index in [1.165, 1.54) is 12.1 Å². The first-order valence-electron chi connectivity index (χ1n) is 10.6. The van der Waals surface area contributed by atoms with E-state index in [1.807, 2.05) is 30.3 Å². The van der Waals surface area contributed by atoms with Crippen molar-refractivity contribution in [3.8, 4) is 39.6 Å². The van der Waals surface area contributed by atoms with E-state index in [4.69, 9.17) is 8.94 Å². The molecule has 0 radical (unpaired) electrons. The van der Waals surface area contributed by atoms with Crippen LogP contribution in [0, 0.1) is 5.82 Å². The molecule has 0 aliphatic heterocycles. The van der Waals surface area contributed by atoms with Crippen LogP contribution in [0.2, 0.25) is 0 Å². The van der Waals surface area contributed by atoms with E-state index >= 15 is 0 Å². The molecule has 0 atom stereocenters. The van der Waals surface area contributed by atoms with Gasteiger partial charge in [-0.1, -0.05) is 41.6 Å². The molecule has 2 heterocycles. The van der Waals surface area contributed by atoms with E-state index in [9.17, 15) is 9.50 Å². The number of hydrogen-bond donors (Lipinski definition) is 1.